The Morgan fingerprint density at radius 1 is 0.951 bits per heavy atom. The Hall–Kier alpha value is -5.06. The molecule has 3 aromatic heterocycles. The van der Waals surface area contributed by atoms with Crippen molar-refractivity contribution >= 4 is 28.5 Å². The molecule has 1 amide bonds. The van der Waals surface area contributed by atoms with Crippen molar-refractivity contribution < 1.29 is 27.9 Å². The number of benzene rings is 2. The van der Waals surface area contributed by atoms with Gasteiger partial charge in [0.2, 0.25) is 5.91 Å². The van der Waals surface area contributed by atoms with Gasteiger partial charge in [-0.3, -0.25) is 19.4 Å². The minimum absolute atomic E-state index is 0.0769. The van der Waals surface area contributed by atoms with Crippen LogP contribution in [0.2, 0.25) is 0 Å². The second-order valence-corrected chi connectivity index (χ2v) is 9.36. The Kier molecular flexibility index (Phi) is 7.52. The third-order valence-corrected chi connectivity index (χ3v) is 6.54. The van der Waals surface area contributed by atoms with Crippen LogP contribution in [0, 0.1) is 0 Å². The molecule has 0 saturated heterocycles. The monoisotopic (exact) mass is 559 g/mol. The highest BCUT2D eigenvalue weighted by molar-refractivity contribution is 6.00. The van der Waals surface area contributed by atoms with Gasteiger partial charge in [0, 0.05) is 48.2 Å². The smallest absolute Gasteiger partial charge is 0.475 e. The van der Waals surface area contributed by atoms with E-state index in [9.17, 15) is 18.0 Å². The van der Waals surface area contributed by atoms with Gasteiger partial charge in [-0.1, -0.05) is 30.3 Å². The molecular formula is C30H24F3N5O3. The number of carbonyl (C=O) groups is 2. The van der Waals surface area contributed by atoms with Crippen molar-refractivity contribution in [3.05, 3.63) is 84.8 Å². The van der Waals surface area contributed by atoms with Gasteiger partial charge in [0.25, 0.3) is 0 Å². The fourth-order valence-corrected chi connectivity index (χ4v) is 4.79. The lowest BCUT2D eigenvalue weighted by molar-refractivity contribution is -0.192. The number of alkyl halides is 3. The lowest BCUT2D eigenvalue weighted by Crippen LogP contribution is -2.21. The Morgan fingerprint density at radius 2 is 1.68 bits per heavy atom. The van der Waals surface area contributed by atoms with E-state index in [-0.39, 0.29) is 5.91 Å². The molecule has 0 bridgehead atoms. The van der Waals surface area contributed by atoms with Gasteiger partial charge in [-0.25, -0.2) is 4.79 Å². The van der Waals surface area contributed by atoms with Gasteiger partial charge in [-0.05, 0) is 65.9 Å². The summed E-state index contributed by atoms with van der Waals surface area (Å²) in [5.74, 6) is -2.83. The van der Waals surface area contributed by atoms with E-state index in [1.54, 1.807) is 0 Å². The molecule has 0 spiro atoms. The van der Waals surface area contributed by atoms with Gasteiger partial charge >= 0.3 is 12.1 Å². The predicted octanol–water partition coefficient (Wildman–Crippen LogP) is 6.37. The van der Waals surface area contributed by atoms with E-state index in [2.05, 4.69) is 39.2 Å². The first-order valence-corrected chi connectivity index (χ1v) is 12.7. The average Bonchev–Trinajstić information content (AvgIpc) is 3.55. The molecule has 41 heavy (non-hydrogen) atoms. The Bertz CT molecular complexity index is 1730. The minimum Gasteiger partial charge on any atom is -0.475 e. The predicted molar refractivity (Wildman–Crippen MR) is 148 cm³/mol. The molecule has 2 N–H and O–H groups in total. The van der Waals surface area contributed by atoms with Gasteiger partial charge in [-0.15, -0.1) is 0 Å². The van der Waals surface area contributed by atoms with Crippen molar-refractivity contribution in [1.82, 2.24) is 19.7 Å². The highest BCUT2D eigenvalue weighted by Crippen LogP contribution is 2.40. The average molecular weight is 560 g/mol. The standard InChI is InChI=1S/C28H23N5O.C2HF3O2/c1-18(34)31-21-10-7-19(8-11-21)20-9-12-22-23(13-15-30-25(22)17-20)27-26-6-4-16-33(26)32-28(27)24-5-2-3-14-29-24;3-2(4,5)1(6)7/h2-3,5,7-15,17H,4,6,16H2,1H3,(H,31,34);(H,6,7). The van der Waals surface area contributed by atoms with Crippen molar-refractivity contribution in [2.45, 2.75) is 32.5 Å². The van der Waals surface area contributed by atoms with Crippen LogP contribution >= 0.6 is 0 Å². The number of amides is 1. The summed E-state index contributed by atoms with van der Waals surface area (Å²) in [6.45, 7) is 2.45. The van der Waals surface area contributed by atoms with Crippen molar-refractivity contribution in [2.24, 2.45) is 0 Å². The number of carboxylic acid groups (broad SMARTS) is 1. The number of carboxylic acids is 1. The molecule has 0 fully saturated rings. The zero-order chi connectivity index (χ0) is 29.1. The quantitative estimate of drug-likeness (QED) is 0.265. The molecule has 11 heteroatoms. The number of hydrogen-bond donors (Lipinski definition) is 2. The number of pyridine rings is 2. The van der Waals surface area contributed by atoms with Crippen molar-refractivity contribution in [1.29, 1.82) is 0 Å². The van der Waals surface area contributed by atoms with E-state index in [0.717, 1.165) is 69.6 Å². The van der Waals surface area contributed by atoms with Crippen LogP contribution in [-0.2, 0) is 22.6 Å². The van der Waals surface area contributed by atoms with Crippen LogP contribution in [0.25, 0.3) is 44.5 Å². The summed E-state index contributed by atoms with van der Waals surface area (Å²) in [5, 5.41) is 16.0. The molecule has 1 aliphatic rings. The number of rotatable bonds is 4. The second-order valence-electron chi connectivity index (χ2n) is 9.36. The molecule has 8 nitrogen and oxygen atoms in total. The van der Waals surface area contributed by atoms with Gasteiger partial charge in [-0.2, -0.15) is 18.3 Å². The van der Waals surface area contributed by atoms with Crippen LogP contribution in [0.4, 0.5) is 18.9 Å². The van der Waals surface area contributed by atoms with E-state index in [1.807, 2.05) is 54.9 Å². The van der Waals surface area contributed by atoms with E-state index < -0.39 is 12.1 Å². The summed E-state index contributed by atoms with van der Waals surface area (Å²) in [5.41, 5.74) is 9.27. The number of nitrogens with one attached hydrogen (secondary N) is 1. The molecule has 0 saturated carbocycles. The van der Waals surface area contributed by atoms with E-state index >= 15 is 0 Å². The molecule has 0 unspecified atom stereocenters. The summed E-state index contributed by atoms with van der Waals surface area (Å²) in [7, 11) is 0. The maximum Gasteiger partial charge on any atom is 0.490 e. The molecule has 208 valence electrons. The lowest BCUT2D eigenvalue weighted by Gasteiger charge is -2.11. The third-order valence-electron chi connectivity index (χ3n) is 6.54. The topological polar surface area (TPSA) is 110 Å². The molecule has 2 aromatic carbocycles. The highest BCUT2D eigenvalue weighted by Gasteiger charge is 2.38. The number of carbonyl (C=O) groups excluding carboxylic acids is 1. The zero-order valence-corrected chi connectivity index (χ0v) is 21.8. The first-order chi connectivity index (χ1) is 19.6. The number of halogens is 3. The Balaban J connectivity index is 0.000000431. The first kappa shape index (κ1) is 27.5. The van der Waals surface area contributed by atoms with Crippen LogP contribution in [-0.4, -0.2) is 42.9 Å². The summed E-state index contributed by atoms with van der Waals surface area (Å²) >= 11 is 0. The van der Waals surface area contributed by atoms with E-state index in [1.165, 1.54) is 12.6 Å². The lowest BCUT2D eigenvalue weighted by atomic mass is 9.95. The van der Waals surface area contributed by atoms with E-state index in [4.69, 9.17) is 20.0 Å². The summed E-state index contributed by atoms with van der Waals surface area (Å²) in [4.78, 5) is 29.5. The zero-order valence-electron chi connectivity index (χ0n) is 21.8. The van der Waals surface area contributed by atoms with Gasteiger partial charge in [0.05, 0.1) is 11.2 Å². The Labute approximate surface area is 232 Å². The molecule has 0 radical (unpaired) electrons. The van der Waals surface area contributed by atoms with Crippen LogP contribution in [0.1, 0.15) is 19.0 Å². The summed E-state index contributed by atoms with van der Waals surface area (Å²) in [6.07, 6.45) is 0.734. The largest absolute Gasteiger partial charge is 0.490 e. The molecule has 6 rings (SSSR count). The molecule has 0 atom stereocenters. The third kappa shape index (κ3) is 5.93. The van der Waals surface area contributed by atoms with Crippen LogP contribution in [0.5, 0.6) is 0 Å². The van der Waals surface area contributed by atoms with Gasteiger partial charge in [0.15, 0.2) is 0 Å². The highest BCUT2D eigenvalue weighted by atomic mass is 19.4. The minimum atomic E-state index is -5.08. The molecule has 0 aliphatic carbocycles. The maximum atomic E-state index is 11.3. The fraction of sp³-hybridized carbons (Fsp3) is 0.167. The summed E-state index contributed by atoms with van der Waals surface area (Å²) in [6, 6.07) is 22.3. The van der Waals surface area contributed by atoms with Crippen LogP contribution < -0.4 is 5.32 Å². The van der Waals surface area contributed by atoms with Crippen molar-refractivity contribution in [3.63, 3.8) is 0 Å². The molecular weight excluding hydrogens is 535 g/mol. The number of aryl methyl sites for hydroxylation is 1. The SMILES string of the molecule is CC(=O)Nc1ccc(-c2ccc3c(-c4c(-c5ccccn5)nn5c4CCC5)ccnc3c2)cc1.O=C(O)C(F)(F)F. The van der Waals surface area contributed by atoms with Crippen LogP contribution in [0.15, 0.2) is 79.1 Å². The van der Waals surface area contributed by atoms with Gasteiger partial charge in [0.1, 0.15) is 5.69 Å². The first-order valence-electron chi connectivity index (χ1n) is 12.7. The number of anilines is 1. The van der Waals surface area contributed by atoms with E-state index in [0.29, 0.717) is 0 Å². The van der Waals surface area contributed by atoms with Crippen LogP contribution in [0.3, 0.4) is 0 Å². The molecule has 5 aromatic rings. The number of aromatic nitrogens is 4. The number of aliphatic carboxylic acids is 1. The van der Waals surface area contributed by atoms with Crippen molar-refractivity contribution in [2.75, 3.05) is 5.32 Å². The number of hydrogen-bond acceptors (Lipinski definition) is 5. The summed E-state index contributed by atoms with van der Waals surface area (Å²) < 4.78 is 33.9. The molecule has 4 heterocycles. The normalized spacial score (nSPS) is 12.4. The number of nitrogens with zero attached hydrogens (tertiary/aromatic N) is 4. The van der Waals surface area contributed by atoms with Gasteiger partial charge < -0.3 is 10.4 Å². The van der Waals surface area contributed by atoms with Crippen molar-refractivity contribution in [3.8, 4) is 33.6 Å². The Morgan fingerprint density at radius 3 is 2.34 bits per heavy atom. The molecule has 1 aliphatic heterocycles. The second kappa shape index (κ2) is 11.2. The number of fused-ring (bicyclic) bond motifs is 2. The maximum absolute atomic E-state index is 11.3. The fourth-order valence-electron chi connectivity index (χ4n) is 4.79.